The molecule has 0 amide bonds. The Labute approximate surface area is 573 Å². The van der Waals surface area contributed by atoms with Crippen LogP contribution < -0.4 is 0 Å². The number of carbonyl (C=O) groups excluding carboxylic acids is 6. The predicted molar refractivity (Wildman–Crippen MR) is 368 cm³/mol. The van der Waals surface area contributed by atoms with E-state index in [2.05, 4.69) is 55.4 Å². The number of aliphatic hydroxyl groups is 7. The molecule has 95 heavy (non-hydrogen) atoms. The van der Waals surface area contributed by atoms with Crippen LogP contribution >= 0.6 is 0 Å². The molecule has 5 unspecified atom stereocenters. The number of aliphatic hydroxyl groups excluding tert-OH is 7. The largest absolute Gasteiger partial charge is 0.465 e. The summed E-state index contributed by atoms with van der Waals surface area (Å²) in [5.74, 6) is 0.311. The molecule has 19 heteroatoms. The Balaban J connectivity index is 0.000000390. The van der Waals surface area contributed by atoms with Gasteiger partial charge in [0, 0.05) is 0 Å². The van der Waals surface area contributed by atoms with Crippen LogP contribution in [0, 0.1) is 52.8 Å². The predicted octanol–water partition coefficient (Wildman–Crippen LogP) is 13.5. The molecular weight excluding hydrogens is 1220 g/mol. The fraction of sp³-hybridized carbons (Fsp3) is 0.921. The van der Waals surface area contributed by atoms with Gasteiger partial charge in [0.25, 0.3) is 0 Å². The van der Waals surface area contributed by atoms with Gasteiger partial charge in [0.15, 0.2) is 0 Å². The minimum atomic E-state index is -0.556. The van der Waals surface area contributed by atoms with E-state index in [0.717, 1.165) is 212 Å². The molecule has 7 N–H and O–H groups in total. The standard InChI is InChI=1S/C16H28O3.C15H28O3.C13H24O3.C12H22O3.C11H20O3.C9H16O4/c1-11-8-14(10-16(2,3)9-11)19-15(18)12-4-6-13(17)7-5-12;1-3-5-6-12(4-2)11-18-15(17)13-7-9-14(16)10-8-13;1-2-3-4-5-10-16-13(15)11-6-8-12(14)9-7-11;1-2-3-4-9-15-12(14)10-5-7-11(13)8-6-10;1-2-3-8-14-11(13)9-4-6-10(12)7-5-9;10-5-6-13-9(12)7-3-1-2-4-8(7)11/h11-14,17H,4-10H2,1-3H3;12-14,16H,3-11H2,1-2H3;11-12,14H,2-10H2,1H3;10-11,13H,2-9H2,1H3;9-10,12H,2-8H2,1H3;7-8,10-11H,1-6H2. The van der Waals surface area contributed by atoms with Crippen LogP contribution in [0.25, 0.3) is 0 Å². The zero-order chi connectivity index (χ0) is 70.4. The van der Waals surface area contributed by atoms with Crippen molar-refractivity contribution in [1.29, 1.82) is 0 Å². The Morgan fingerprint density at radius 2 is 0.758 bits per heavy atom. The van der Waals surface area contributed by atoms with E-state index in [9.17, 15) is 59.4 Å². The number of rotatable bonds is 27. The topological polar surface area (TPSA) is 299 Å². The third kappa shape index (κ3) is 40.4. The molecule has 7 rings (SSSR count). The molecule has 0 bridgehead atoms. The summed E-state index contributed by atoms with van der Waals surface area (Å²) in [5, 5.41) is 64.7. The van der Waals surface area contributed by atoms with Crippen LogP contribution in [0.4, 0.5) is 0 Å². The maximum Gasteiger partial charge on any atom is 0.311 e. The highest BCUT2D eigenvalue weighted by Gasteiger charge is 2.37. The summed E-state index contributed by atoms with van der Waals surface area (Å²) in [5.41, 5.74) is 0.283. The Morgan fingerprint density at radius 1 is 0.400 bits per heavy atom. The van der Waals surface area contributed by atoms with Crippen LogP contribution in [0.15, 0.2) is 0 Å². The van der Waals surface area contributed by atoms with Gasteiger partial charge in [-0.1, -0.05) is 126 Å². The maximum absolute atomic E-state index is 12.2. The van der Waals surface area contributed by atoms with Gasteiger partial charge in [0.1, 0.15) is 12.7 Å². The molecule has 19 nitrogen and oxygen atoms in total. The first-order valence-corrected chi connectivity index (χ1v) is 38.2. The Morgan fingerprint density at radius 3 is 1.14 bits per heavy atom. The van der Waals surface area contributed by atoms with Crippen LogP contribution in [-0.2, 0) is 57.2 Å². The van der Waals surface area contributed by atoms with Crippen molar-refractivity contribution in [3.8, 4) is 0 Å². The SMILES string of the molecule is CC1CC(OC(=O)C2CCC(O)CC2)CC(C)(C)C1.CCCCC(CC)COC(=O)C1CCC(O)CC1.CCCCCCOC(=O)C1CCC(O)CC1.CCCCCOC(=O)C1CCC(O)CC1.CCCCOC(=O)C1CCC(O)CC1.O=C(OCCO)C1CCCCC1O. The zero-order valence-electron chi connectivity index (χ0n) is 60.7. The lowest BCUT2D eigenvalue weighted by molar-refractivity contribution is -0.160. The molecule has 7 aliphatic carbocycles. The number of carbonyl (C=O) groups is 6. The normalized spacial score (nSPS) is 29.0. The third-order valence-electron chi connectivity index (χ3n) is 20.1. The molecule has 0 saturated heterocycles. The van der Waals surface area contributed by atoms with E-state index < -0.39 is 6.10 Å². The first-order chi connectivity index (χ1) is 45.5. The second-order valence-corrected chi connectivity index (χ2v) is 29.5. The van der Waals surface area contributed by atoms with Crippen LogP contribution in [0.2, 0.25) is 0 Å². The molecule has 7 saturated carbocycles. The molecule has 0 aromatic heterocycles. The molecule has 7 aliphatic rings. The fourth-order valence-corrected chi connectivity index (χ4v) is 13.9. The summed E-state index contributed by atoms with van der Waals surface area (Å²) in [4.78, 5) is 70.0. The number of unbranched alkanes of at least 4 members (excludes halogenated alkanes) is 7. The summed E-state index contributed by atoms with van der Waals surface area (Å²) < 4.78 is 31.5. The number of hydrogen-bond acceptors (Lipinski definition) is 19. The van der Waals surface area contributed by atoms with Gasteiger partial charge in [-0.2, -0.15) is 0 Å². The molecule has 5 atom stereocenters. The molecule has 556 valence electrons. The second-order valence-electron chi connectivity index (χ2n) is 29.5. The van der Waals surface area contributed by atoms with E-state index in [-0.39, 0.29) is 127 Å². The fourth-order valence-electron chi connectivity index (χ4n) is 13.9. The molecule has 0 heterocycles. The lowest BCUT2D eigenvalue weighted by atomic mass is 9.71. The lowest BCUT2D eigenvalue weighted by Gasteiger charge is -2.39. The molecule has 0 aliphatic heterocycles. The summed E-state index contributed by atoms with van der Waals surface area (Å²) in [6.07, 6.45) is 34.8. The van der Waals surface area contributed by atoms with Crippen molar-refractivity contribution >= 4 is 35.8 Å². The average molecular weight is 1360 g/mol. The molecule has 0 aromatic carbocycles. The van der Waals surface area contributed by atoms with Crippen molar-refractivity contribution in [1.82, 2.24) is 0 Å². The van der Waals surface area contributed by atoms with Crippen molar-refractivity contribution in [2.24, 2.45) is 52.8 Å². The van der Waals surface area contributed by atoms with Crippen LogP contribution in [-0.4, -0.2) is 154 Å². The van der Waals surface area contributed by atoms with Gasteiger partial charge >= 0.3 is 35.8 Å². The maximum atomic E-state index is 12.2. The Kier molecular flexibility index (Phi) is 48.5. The third-order valence-corrected chi connectivity index (χ3v) is 20.1. The van der Waals surface area contributed by atoms with E-state index in [4.69, 9.17) is 33.5 Å². The highest BCUT2D eigenvalue weighted by molar-refractivity contribution is 5.74. The van der Waals surface area contributed by atoms with Gasteiger partial charge in [0.2, 0.25) is 0 Å². The van der Waals surface area contributed by atoms with E-state index >= 15 is 0 Å². The Bertz CT molecular complexity index is 1980. The van der Waals surface area contributed by atoms with Gasteiger partial charge in [-0.25, -0.2) is 0 Å². The van der Waals surface area contributed by atoms with Gasteiger partial charge < -0.3 is 64.2 Å². The first kappa shape index (κ1) is 87.6. The summed E-state index contributed by atoms with van der Waals surface area (Å²) in [7, 11) is 0. The molecule has 7 fully saturated rings. The Hall–Kier alpha value is -3.46. The van der Waals surface area contributed by atoms with Gasteiger partial charge in [0.05, 0.1) is 105 Å². The van der Waals surface area contributed by atoms with E-state index in [1.54, 1.807) is 0 Å². The quantitative estimate of drug-likeness (QED) is 0.0228. The van der Waals surface area contributed by atoms with Crippen molar-refractivity contribution in [2.75, 3.05) is 39.6 Å². The van der Waals surface area contributed by atoms with Gasteiger partial charge in [-0.3, -0.25) is 28.8 Å². The summed E-state index contributed by atoms with van der Waals surface area (Å²) in [6, 6.07) is 0. The van der Waals surface area contributed by atoms with Crippen molar-refractivity contribution in [2.45, 2.75) is 355 Å². The molecular formula is C76H138O19. The summed E-state index contributed by atoms with van der Waals surface area (Å²) >= 11 is 0. The van der Waals surface area contributed by atoms with Crippen LogP contribution in [0.1, 0.15) is 312 Å². The first-order valence-electron chi connectivity index (χ1n) is 38.2. The molecule has 0 aromatic rings. The smallest absolute Gasteiger partial charge is 0.311 e. The lowest BCUT2D eigenvalue weighted by Crippen LogP contribution is -2.36. The summed E-state index contributed by atoms with van der Waals surface area (Å²) in [6.45, 7) is 19.6. The number of hydrogen-bond donors (Lipinski definition) is 7. The van der Waals surface area contributed by atoms with Crippen molar-refractivity contribution < 1.29 is 92.9 Å². The van der Waals surface area contributed by atoms with Crippen molar-refractivity contribution in [3.05, 3.63) is 0 Å². The molecule has 0 radical (unpaired) electrons. The zero-order valence-corrected chi connectivity index (χ0v) is 60.7. The van der Waals surface area contributed by atoms with Gasteiger partial charge in [-0.05, 0) is 203 Å². The van der Waals surface area contributed by atoms with E-state index in [1.165, 1.54) is 32.1 Å². The van der Waals surface area contributed by atoms with Gasteiger partial charge in [-0.15, -0.1) is 0 Å². The highest BCUT2D eigenvalue weighted by atomic mass is 16.6. The average Bonchev–Trinajstić information content (AvgIpc) is 0.994. The van der Waals surface area contributed by atoms with Crippen LogP contribution in [0.3, 0.4) is 0 Å². The monoisotopic (exact) mass is 1350 g/mol. The van der Waals surface area contributed by atoms with Crippen LogP contribution in [0.5, 0.6) is 0 Å². The number of esters is 6. The van der Waals surface area contributed by atoms with E-state index in [0.29, 0.717) is 51.1 Å². The minimum absolute atomic E-state index is 0.0174. The molecule has 0 spiro atoms. The minimum Gasteiger partial charge on any atom is -0.465 e. The highest BCUT2D eigenvalue weighted by Crippen LogP contribution is 2.41. The second kappa shape index (κ2) is 52.5. The number of ether oxygens (including phenoxy) is 6. The van der Waals surface area contributed by atoms with Crippen molar-refractivity contribution in [3.63, 3.8) is 0 Å². The van der Waals surface area contributed by atoms with E-state index in [1.807, 2.05) is 0 Å².